The molecule has 1 aliphatic carbocycles. The minimum absolute atomic E-state index is 0.372. The standard InChI is InChI=1S/C17H21N7O/c1-25-14-6-4-13(5-7-14)24-16-15(22-23-24)10-19-17(21-16)20-12-3-2-11(8-12)9-18/h4-7,10-12H,2-3,8-9,18H2,1H3,(H,19,20,21). The van der Waals surface area contributed by atoms with E-state index in [-0.39, 0.29) is 0 Å². The number of hydrogen-bond donors (Lipinski definition) is 2. The number of nitrogens with one attached hydrogen (secondary N) is 1. The second kappa shape index (κ2) is 6.64. The van der Waals surface area contributed by atoms with Gasteiger partial charge in [-0.3, -0.25) is 0 Å². The number of benzene rings is 1. The smallest absolute Gasteiger partial charge is 0.225 e. The van der Waals surface area contributed by atoms with Crippen molar-refractivity contribution < 1.29 is 4.74 Å². The molecular formula is C17H21N7O. The predicted octanol–water partition coefficient (Wildman–Crippen LogP) is 1.76. The molecule has 0 spiro atoms. The van der Waals surface area contributed by atoms with Crippen LogP contribution in [0.1, 0.15) is 19.3 Å². The Morgan fingerprint density at radius 3 is 2.84 bits per heavy atom. The average molecular weight is 339 g/mol. The van der Waals surface area contributed by atoms with E-state index < -0.39 is 0 Å². The van der Waals surface area contributed by atoms with Crippen molar-refractivity contribution in [2.45, 2.75) is 25.3 Å². The van der Waals surface area contributed by atoms with Crippen molar-refractivity contribution in [2.24, 2.45) is 11.7 Å². The molecule has 2 aromatic heterocycles. The second-order valence-electron chi connectivity index (χ2n) is 6.36. The lowest BCUT2D eigenvalue weighted by Crippen LogP contribution is -2.19. The lowest BCUT2D eigenvalue weighted by atomic mass is 10.1. The molecule has 1 aliphatic rings. The first-order valence-corrected chi connectivity index (χ1v) is 8.46. The van der Waals surface area contributed by atoms with Crippen molar-refractivity contribution in [2.75, 3.05) is 19.0 Å². The minimum Gasteiger partial charge on any atom is -0.497 e. The fourth-order valence-electron chi connectivity index (χ4n) is 3.30. The van der Waals surface area contributed by atoms with Crippen LogP contribution in [0.3, 0.4) is 0 Å². The molecule has 0 amide bonds. The van der Waals surface area contributed by atoms with Gasteiger partial charge < -0.3 is 15.8 Å². The van der Waals surface area contributed by atoms with Crippen LogP contribution in [0, 0.1) is 5.92 Å². The Balaban J connectivity index is 1.61. The third kappa shape index (κ3) is 3.12. The zero-order valence-corrected chi connectivity index (χ0v) is 14.1. The molecule has 1 aromatic carbocycles. The zero-order chi connectivity index (χ0) is 17.2. The summed E-state index contributed by atoms with van der Waals surface area (Å²) in [6, 6.07) is 7.98. The number of nitrogens with two attached hydrogens (primary N) is 1. The van der Waals surface area contributed by atoms with Gasteiger partial charge in [-0.15, -0.1) is 5.10 Å². The highest BCUT2D eigenvalue weighted by Gasteiger charge is 2.24. The van der Waals surface area contributed by atoms with Gasteiger partial charge in [0.2, 0.25) is 5.95 Å². The monoisotopic (exact) mass is 339 g/mol. The first-order chi connectivity index (χ1) is 12.3. The molecule has 2 unspecified atom stereocenters. The van der Waals surface area contributed by atoms with Crippen LogP contribution in [0.15, 0.2) is 30.5 Å². The highest BCUT2D eigenvalue weighted by Crippen LogP contribution is 2.27. The number of rotatable bonds is 5. The Morgan fingerprint density at radius 2 is 2.12 bits per heavy atom. The van der Waals surface area contributed by atoms with Gasteiger partial charge in [0.15, 0.2) is 11.2 Å². The highest BCUT2D eigenvalue weighted by atomic mass is 16.5. The summed E-state index contributed by atoms with van der Waals surface area (Å²) in [5.74, 6) is 1.99. The van der Waals surface area contributed by atoms with Gasteiger partial charge in [-0.05, 0) is 56.0 Å². The first-order valence-electron chi connectivity index (χ1n) is 8.46. The summed E-state index contributed by atoms with van der Waals surface area (Å²) in [6.07, 6.45) is 5.02. The Hall–Kier alpha value is -2.74. The Bertz CT molecular complexity index is 861. The van der Waals surface area contributed by atoms with Crippen LogP contribution in [0.5, 0.6) is 5.75 Å². The molecule has 130 valence electrons. The summed E-state index contributed by atoms with van der Waals surface area (Å²) in [5, 5.41) is 11.8. The summed E-state index contributed by atoms with van der Waals surface area (Å²) in [5.41, 5.74) is 7.98. The summed E-state index contributed by atoms with van der Waals surface area (Å²) in [4.78, 5) is 8.99. The fraction of sp³-hybridized carbons (Fsp3) is 0.412. The number of fused-ring (bicyclic) bond motifs is 1. The maximum atomic E-state index is 5.77. The van der Waals surface area contributed by atoms with Crippen molar-refractivity contribution in [3.05, 3.63) is 30.5 Å². The molecular weight excluding hydrogens is 318 g/mol. The SMILES string of the molecule is COc1ccc(-n2nnc3cnc(NC4CCC(CN)C4)nc32)cc1. The van der Waals surface area contributed by atoms with Gasteiger partial charge in [0.05, 0.1) is 19.0 Å². The summed E-state index contributed by atoms with van der Waals surface area (Å²) >= 11 is 0. The van der Waals surface area contributed by atoms with Gasteiger partial charge in [0, 0.05) is 6.04 Å². The molecule has 2 atom stereocenters. The molecule has 3 aromatic rings. The molecule has 0 aliphatic heterocycles. The van der Waals surface area contributed by atoms with E-state index in [2.05, 4.69) is 25.6 Å². The number of nitrogens with zero attached hydrogens (tertiary/aromatic N) is 5. The maximum Gasteiger partial charge on any atom is 0.225 e. The molecule has 8 heteroatoms. The summed E-state index contributed by atoms with van der Waals surface area (Å²) < 4.78 is 6.90. The van der Waals surface area contributed by atoms with Gasteiger partial charge in [-0.25, -0.2) is 4.98 Å². The molecule has 3 N–H and O–H groups in total. The molecule has 0 saturated heterocycles. The Morgan fingerprint density at radius 1 is 1.28 bits per heavy atom. The molecule has 2 heterocycles. The van der Waals surface area contributed by atoms with Crippen LogP contribution >= 0.6 is 0 Å². The largest absolute Gasteiger partial charge is 0.497 e. The minimum atomic E-state index is 0.372. The van der Waals surface area contributed by atoms with Crippen molar-refractivity contribution in [1.82, 2.24) is 25.0 Å². The van der Waals surface area contributed by atoms with E-state index in [0.29, 0.717) is 29.1 Å². The molecule has 1 fully saturated rings. The van der Waals surface area contributed by atoms with Gasteiger partial charge in [0.25, 0.3) is 0 Å². The quantitative estimate of drug-likeness (QED) is 0.730. The van der Waals surface area contributed by atoms with E-state index in [0.717, 1.165) is 37.2 Å². The van der Waals surface area contributed by atoms with Crippen molar-refractivity contribution in [3.63, 3.8) is 0 Å². The van der Waals surface area contributed by atoms with E-state index in [9.17, 15) is 0 Å². The van der Waals surface area contributed by atoms with Crippen LogP contribution in [0.25, 0.3) is 16.9 Å². The summed E-state index contributed by atoms with van der Waals surface area (Å²) in [7, 11) is 1.64. The van der Waals surface area contributed by atoms with Crippen LogP contribution in [0.2, 0.25) is 0 Å². The third-order valence-electron chi connectivity index (χ3n) is 4.72. The van der Waals surface area contributed by atoms with Gasteiger partial charge >= 0.3 is 0 Å². The number of ether oxygens (including phenoxy) is 1. The van der Waals surface area contributed by atoms with Crippen LogP contribution in [-0.2, 0) is 0 Å². The highest BCUT2D eigenvalue weighted by molar-refractivity contribution is 5.72. The van der Waals surface area contributed by atoms with Crippen LogP contribution < -0.4 is 15.8 Å². The van der Waals surface area contributed by atoms with E-state index in [1.54, 1.807) is 18.0 Å². The zero-order valence-electron chi connectivity index (χ0n) is 14.1. The van der Waals surface area contributed by atoms with Crippen LogP contribution in [-0.4, -0.2) is 44.7 Å². The van der Waals surface area contributed by atoms with E-state index in [1.165, 1.54) is 0 Å². The number of methoxy groups -OCH3 is 1. The van der Waals surface area contributed by atoms with Gasteiger partial charge in [0.1, 0.15) is 5.75 Å². The Kier molecular flexibility index (Phi) is 4.19. The van der Waals surface area contributed by atoms with Gasteiger partial charge in [-0.2, -0.15) is 9.67 Å². The van der Waals surface area contributed by atoms with Crippen LogP contribution in [0.4, 0.5) is 5.95 Å². The molecule has 0 radical (unpaired) electrons. The van der Waals surface area contributed by atoms with E-state index in [4.69, 9.17) is 10.5 Å². The number of hydrogen-bond acceptors (Lipinski definition) is 7. The predicted molar refractivity (Wildman–Crippen MR) is 94.8 cm³/mol. The molecule has 0 bridgehead atoms. The topological polar surface area (TPSA) is 104 Å². The second-order valence-corrected chi connectivity index (χ2v) is 6.36. The van der Waals surface area contributed by atoms with E-state index >= 15 is 0 Å². The Labute approximate surface area is 145 Å². The molecule has 4 rings (SSSR count). The third-order valence-corrected chi connectivity index (χ3v) is 4.72. The van der Waals surface area contributed by atoms with Crippen molar-refractivity contribution in [1.29, 1.82) is 0 Å². The molecule has 1 saturated carbocycles. The number of aromatic nitrogens is 5. The lowest BCUT2D eigenvalue weighted by molar-refractivity contribution is 0.414. The normalized spacial score (nSPS) is 20.1. The van der Waals surface area contributed by atoms with Crippen molar-refractivity contribution >= 4 is 17.1 Å². The summed E-state index contributed by atoms with van der Waals surface area (Å²) in [6.45, 7) is 0.742. The van der Waals surface area contributed by atoms with Crippen molar-refractivity contribution in [3.8, 4) is 11.4 Å². The molecule has 25 heavy (non-hydrogen) atoms. The first kappa shape index (κ1) is 15.8. The lowest BCUT2D eigenvalue weighted by Gasteiger charge is -2.12. The van der Waals surface area contributed by atoms with E-state index in [1.807, 2.05) is 24.3 Å². The fourth-order valence-corrected chi connectivity index (χ4v) is 3.30. The maximum absolute atomic E-state index is 5.77. The molecule has 8 nitrogen and oxygen atoms in total. The van der Waals surface area contributed by atoms with Gasteiger partial charge in [-0.1, -0.05) is 5.21 Å². The number of anilines is 1. The average Bonchev–Trinajstić information content (AvgIpc) is 3.28.